The van der Waals surface area contributed by atoms with Gasteiger partial charge in [-0.1, -0.05) is 23.7 Å². The summed E-state index contributed by atoms with van der Waals surface area (Å²) in [6.07, 6.45) is 2.38. The molecule has 0 spiro atoms. The minimum Gasteiger partial charge on any atom is -0.462 e. The summed E-state index contributed by atoms with van der Waals surface area (Å²) in [5, 5.41) is 15.0. The number of nitrogens with one attached hydrogen (secondary N) is 1. The van der Waals surface area contributed by atoms with Gasteiger partial charge in [-0.25, -0.2) is 4.79 Å². The first-order valence-corrected chi connectivity index (χ1v) is 9.38. The van der Waals surface area contributed by atoms with Gasteiger partial charge in [0, 0.05) is 18.3 Å². The maximum atomic E-state index is 12.9. The van der Waals surface area contributed by atoms with Crippen LogP contribution in [0.15, 0.2) is 40.6 Å². The topological polar surface area (TPSA) is 144 Å². The van der Waals surface area contributed by atoms with Crippen LogP contribution < -0.4 is 5.73 Å². The average molecular weight is 413 g/mol. The van der Waals surface area contributed by atoms with Crippen molar-refractivity contribution in [1.82, 2.24) is 14.2 Å². The molecular formula is C15H17ClN6O4S. The number of aromatic nitrogens is 2. The molecule has 0 amide bonds. The van der Waals surface area contributed by atoms with Gasteiger partial charge < -0.3 is 10.5 Å². The smallest absolute Gasteiger partial charge is 0.342 e. The van der Waals surface area contributed by atoms with E-state index in [9.17, 15) is 13.2 Å². The van der Waals surface area contributed by atoms with Crippen LogP contribution in [-0.2, 0) is 21.8 Å². The quantitative estimate of drug-likeness (QED) is 0.315. The van der Waals surface area contributed by atoms with Crippen LogP contribution in [0.2, 0.25) is 5.02 Å². The fourth-order valence-electron chi connectivity index (χ4n) is 2.01. The molecule has 1 heterocycles. The van der Waals surface area contributed by atoms with Gasteiger partial charge >= 0.3 is 16.0 Å². The van der Waals surface area contributed by atoms with Crippen molar-refractivity contribution in [3.8, 4) is 0 Å². The Kier molecular flexibility index (Phi) is 6.18. The Morgan fingerprint density at radius 3 is 2.63 bits per heavy atom. The molecule has 2 rings (SSSR count). The zero-order chi connectivity index (χ0) is 20.2. The highest BCUT2D eigenvalue weighted by Gasteiger charge is 2.34. The third-order valence-electron chi connectivity index (χ3n) is 3.15. The number of nitrogens with zero attached hydrogens (tertiary/aromatic N) is 4. The van der Waals surface area contributed by atoms with E-state index in [4.69, 9.17) is 27.5 Å². The molecule has 12 heteroatoms. The molecule has 27 heavy (non-hydrogen) atoms. The first kappa shape index (κ1) is 20.4. The number of esters is 1. The predicted molar refractivity (Wildman–Crippen MR) is 99.1 cm³/mol. The summed E-state index contributed by atoms with van der Waals surface area (Å²) in [5.41, 5.74) is 5.62. The van der Waals surface area contributed by atoms with E-state index >= 15 is 0 Å². The Morgan fingerprint density at radius 2 is 2.07 bits per heavy atom. The van der Waals surface area contributed by atoms with Crippen molar-refractivity contribution >= 4 is 39.8 Å². The van der Waals surface area contributed by atoms with E-state index in [1.54, 1.807) is 31.2 Å². The van der Waals surface area contributed by atoms with Crippen molar-refractivity contribution in [3.63, 3.8) is 0 Å². The Hall–Kier alpha value is -2.92. The van der Waals surface area contributed by atoms with Crippen LogP contribution >= 0.6 is 11.6 Å². The monoisotopic (exact) mass is 412 g/mol. The molecule has 2 aromatic rings. The van der Waals surface area contributed by atoms with Crippen LogP contribution in [0.4, 0.5) is 0 Å². The minimum absolute atomic E-state index is 0.0539. The molecular weight excluding hydrogens is 396 g/mol. The first-order chi connectivity index (χ1) is 12.7. The number of nitrogens with two attached hydrogens (primary N) is 1. The van der Waals surface area contributed by atoms with Gasteiger partial charge in [0.15, 0.2) is 0 Å². The molecule has 10 nitrogen and oxygen atoms in total. The SMILES string of the molecule is CCOC(=O)c1cn(C)nc1S(=O)(=O)N(/N=C/c1ccc(Cl)cc1)C(=N)N. The summed E-state index contributed by atoms with van der Waals surface area (Å²) in [6.45, 7) is 1.64. The molecule has 0 saturated heterocycles. The van der Waals surface area contributed by atoms with Crippen LogP contribution in [-0.4, -0.2) is 47.4 Å². The number of guanidine groups is 1. The predicted octanol–water partition coefficient (Wildman–Crippen LogP) is 1.17. The molecule has 3 N–H and O–H groups in total. The lowest BCUT2D eigenvalue weighted by Crippen LogP contribution is -2.38. The van der Waals surface area contributed by atoms with Crippen molar-refractivity contribution < 1.29 is 17.9 Å². The van der Waals surface area contributed by atoms with Gasteiger partial charge in [0.25, 0.3) is 0 Å². The van der Waals surface area contributed by atoms with Gasteiger partial charge in [0.05, 0.1) is 12.8 Å². The number of benzene rings is 1. The van der Waals surface area contributed by atoms with E-state index < -0.39 is 27.0 Å². The van der Waals surface area contributed by atoms with Gasteiger partial charge in [-0.15, -0.1) is 4.41 Å². The van der Waals surface area contributed by atoms with Crippen molar-refractivity contribution in [2.75, 3.05) is 6.61 Å². The Balaban J connectivity index is 2.46. The van der Waals surface area contributed by atoms with Crippen LogP contribution in [0.1, 0.15) is 22.8 Å². The van der Waals surface area contributed by atoms with Crippen LogP contribution in [0.3, 0.4) is 0 Å². The lowest BCUT2D eigenvalue weighted by atomic mass is 10.2. The Labute approximate surface area is 160 Å². The molecule has 0 aliphatic heterocycles. The summed E-state index contributed by atoms with van der Waals surface area (Å²) >= 11 is 5.79. The van der Waals surface area contributed by atoms with E-state index in [1.165, 1.54) is 19.5 Å². The molecule has 144 valence electrons. The van der Waals surface area contributed by atoms with E-state index in [1.807, 2.05) is 0 Å². The summed E-state index contributed by atoms with van der Waals surface area (Å²) in [4.78, 5) is 12.0. The lowest BCUT2D eigenvalue weighted by molar-refractivity contribution is 0.0521. The molecule has 1 aromatic heterocycles. The van der Waals surface area contributed by atoms with E-state index in [0.29, 0.717) is 10.6 Å². The number of carbonyl (C=O) groups excluding carboxylic acids is 1. The molecule has 0 saturated carbocycles. The third-order valence-corrected chi connectivity index (χ3v) is 4.94. The summed E-state index contributed by atoms with van der Waals surface area (Å²) < 4.78 is 32.0. The maximum absolute atomic E-state index is 12.9. The normalized spacial score (nSPS) is 11.5. The Morgan fingerprint density at radius 1 is 1.44 bits per heavy atom. The number of rotatable bonds is 6. The van der Waals surface area contributed by atoms with Gasteiger partial charge in [0.2, 0.25) is 11.0 Å². The number of carbonyl (C=O) groups is 1. The fourth-order valence-corrected chi connectivity index (χ4v) is 3.38. The first-order valence-electron chi connectivity index (χ1n) is 7.56. The maximum Gasteiger partial charge on any atom is 0.342 e. The summed E-state index contributed by atoms with van der Waals surface area (Å²) in [7, 11) is -3.08. The van der Waals surface area contributed by atoms with Crippen LogP contribution in [0, 0.1) is 5.41 Å². The zero-order valence-electron chi connectivity index (χ0n) is 14.5. The van der Waals surface area contributed by atoms with Crippen molar-refractivity contribution in [2.24, 2.45) is 17.9 Å². The van der Waals surface area contributed by atoms with Gasteiger partial charge in [-0.05, 0) is 24.6 Å². The van der Waals surface area contributed by atoms with Crippen LogP contribution in [0.25, 0.3) is 0 Å². The number of sulfonamides is 1. The molecule has 0 unspecified atom stereocenters. The second-order valence-electron chi connectivity index (χ2n) is 5.17. The molecule has 0 fully saturated rings. The summed E-state index contributed by atoms with van der Waals surface area (Å²) in [6, 6.07) is 6.38. The summed E-state index contributed by atoms with van der Waals surface area (Å²) in [5.74, 6) is -1.74. The standard InChI is InChI=1S/C15H17ClN6O4S/c1-3-26-14(23)12-9-21(2)20-13(12)27(24,25)22(15(17)18)19-8-10-4-6-11(16)7-5-10/h4-9H,3H2,1-2H3,(H3,17,18)/b19-8+. The number of hydrogen-bond acceptors (Lipinski definition) is 7. The number of aryl methyl sites for hydroxylation is 1. The number of halogens is 1. The zero-order valence-corrected chi connectivity index (χ0v) is 16.0. The van der Waals surface area contributed by atoms with E-state index in [0.717, 1.165) is 4.68 Å². The van der Waals surface area contributed by atoms with Crippen LogP contribution in [0.5, 0.6) is 0 Å². The second kappa shape index (κ2) is 8.18. The fraction of sp³-hybridized carbons (Fsp3) is 0.200. The van der Waals surface area contributed by atoms with E-state index in [-0.39, 0.29) is 16.6 Å². The number of ether oxygens (including phenoxy) is 1. The Bertz CT molecular complexity index is 984. The highest BCUT2D eigenvalue weighted by Crippen LogP contribution is 2.20. The number of hydrogen-bond donors (Lipinski definition) is 2. The van der Waals surface area contributed by atoms with Crippen molar-refractivity contribution in [3.05, 3.63) is 46.6 Å². The van der Waals surface area contributed by atoms with Crippen molar-refractivity contribution in [1.29, 1.82) is 5.41 Å². The minimum atomic E-state index is -4.52. The third kappa shape index (κ3) is 4.63. The molecule has 0 aliphatic rings. The second-order valence-corrected chi connectivity index (χ2v) is 7.29. The molecule has 0 aliphatic carbocycles. The van der Waals surface area contributed by atoms with Gasteiger partial charge in [0.1, 0.15) is 5.56 Å². The lowest BCUT2D eigenvalue weighted by Gasteiger charge is -2.15. The average Bonchev–Trinajstić information content (AvgIpc) is 2.99. The number of hydrazone groups is 1. The van der Waals surface area contributed by atoms with Crippen molar-refractivity contribution in [2.45, 2.75) is 11.9 Å². The highest BCUT2D eigenvalue weighted by atomic mass is 35.5. The molecule has 1 aromatic carbocycles. The molecule has 0 bridgehead atoms. The van der Waals surface area contributed by atoms with Gasteiger partial charge in [-0.2, -0.15) is 18.6 Å². The largest absolute Gasteiger partial charge is 0.462 e. The highest BCUT2D eigenvalue weighted by molar-refractivity contribution is 7.89. The molecule has 0 radical (unpaired) electrons. The molecule has 0 atom stereocenters. The van der Waals surface area contributed by atoms with E-state index in [2.05, 4.69) is 10.2 Å². The van der Waals surface area contributed by atoms with Gasteiger partial charge in [-0.3, -0.25) is 10.1 Å².